The lowest BCUT2D eigenvalue weighted by Gasteiger charge is -2.19. The van der Waals surface area contributed by atoms with Gasteiger partial charge in [-0.25, -0.2) is 14.6 Å². The summed E-state index contributed by atoms with van der Waals surface area (Å²) in [6, 6.07) is 11.2. The molecule has 1 amide bonds. The summed E-state index contributed by atoms with van der Waals surface area (Å²) in [6.45, 7) is 6.80. The van der Waals surface area contributed by atoms with E-state index in [0.29, 0.717) is 28.4 Å². The molecular formula is C22H26N2O6. The average Bonchev–Trinajstić information content (AvgIpc) is 2.67. The van der Waals surface area contributed by atoms with Gasteiger partial charge in [0.25, 0.3) is 0 Å². The molecule has 160 valence electrons. The summed E-state index contributed by atoms with van der Waals surface area (Å²) in [4.78, 5) is 28.5. The highest BCUT2D eigenvalue weighted by molar-refractivity contribution is 5.95. The number of aliphatic imine (C=N–C) groups is 1. The van der Waals surface area contributed by atoms with Gasteiger partial charge >= 0.3 is 12.1 Å². The molecule has 2 rings (SSSR count). The number of nitrogens with zero attached hydrogens (tertiary/aromatic N) is 1. The Kier molecular flexibility index (Phi) is 7.54. The maximum atomic E-state index is 12.4. The van der Waals surface area contributed by atoms with E-state index < -0.39 is 17.7 Å². The molecule has 2 aromatic carbocycles. The zero-order valence-electron chi connectivity index (χ0n) is 17.7. The third-order valence-corrected chi connectivity index (χ3v) is 3.69. The van der Waals surface area contributed by atoms with Crippen LogP contribution in [-0.2, 0) is 11.3 Å². The van der Waals surface area contributed by atoms with Crippen LogP contribution in [0.1, 0.15) is 43.6 Å². The van der Waals surface area contributed by atoms with E-state index in [1.807, 2.05) is 0 Å². The Hall–Kier alpha value is -3.39. The van der Waals surface area contributed by atoms with Crippen molar-refractivity contribution >= 4 is 23.6 Å². The number of amides is 1. The quantitative estimate of drug-likeness (QED) is 0.332. The number of aliphatic hydroxyl groups excluding tert-OH is 1. The van der Waals surface area contributed by atoms with E-state index in [1.54, 1.807) is 70.2 Å². The van der Waals surface area contributed by atoms with Crippen LogP contribution >= 0.6 is 0 Å². The van der Waals surface area contributed by atoms with E-state index in [1.165, 1.54) is 7.11 Å². The molecular weight excluding hydrogens is 388 g/mol. The molecule has 0 saturated heterocycles. The Morgan fingerprint density at radius 2 is 1.73 bits per heavy atom. The number of carbonyl (C=O) groups is 2. The molecule has 0 spiro atoms. The standard InChI is InChI=1S/C22H26N2O6/c1-14(24-21(27)30-22(2,3)4)23-17-9-7-16(8-10-17)20(26)29-18-11-6-15(13-25)12-19(18)28-5/h6-12,25H,13H2,1-5H3,(H,23,24,27). The number of nitrogens with one attached hydrogen (secondary N) is 1. The third kappa shape index (κ3) is 6.89. The summed E-state index contributed by atoms with van der Waals surface area (Å²) in [5.74, 6) is 0.386. The number of rotatable bonds is 5. The van der Waals surface area contributed by atoms with E-state index in [-0.39, 0.29) is 12.4 Å². The Labute approximate surface area is 175 Å². The van der Waals surface area contributed by atoms with Gasteiger partial charge in [0.15, 0.2) is 11.5 Å². The fourth-order valence-electron chi connectivity index (χ4n) is 2.40. The van der Waals surface area contributed by atoms with Crippen LogP contribution in [0.15, 0.2) is 47.5 Å². The lowest BCUT2D eigenvalue weighted by molar-refractivity contribution is 0.0562. The first-order valence-electron chi connectivity index (χ1n) is 9.26. The SMILES string of the molecule is COc1cc(CO)ccc1OC(=O)c1ccc(N=C(C)NC(=O)OC(C)(C)C)cc1. The largest absolute Gasteiger partial charge is 0.493 e. The van der Waals surface area contributed by atoms with Gasteiger partial charge in [-0.15, -0.1) is 0 Å². The van der Waals surface area contributed by atoms with Crippen molar-refractivity contribution < 1.29 is 28.9 Å². The molecule has 0 atom stereocenters. The number of methoxy groups -OCH3 is 1. The molecule has 0 fully saturated rings. The second kappa shape index (κ2) is 9.89. The molecule has 0 radical (unpaired) electrons. The molecule has 0 bridgehead atoms. The molecule has 0 aromatic heterocycles. The summed E-state index contributed by atoms with van der Waals surface area (Å²) in [5.41, 5.74) is 0.905. The van der Waals surface area contributed by atoms with Crippen molar-refractivity contribution in [2.45, 2.75) is 39.9 Å². The molecule has 2 N–H and O–H groups in total. The summed E-state index contributed by atoms with van der Waals surface area (Å²) in [6.07, 6.45) is -0.592. The van der Waals surface area contributed by atoms with Crippen molar-refractivity contribution in [1.29, 1.82) is 0 Å². The maximum Gasteiger partial charge on any atom is 0.413 e. The number of esters is 1. The average molecular weight is 414 g/mol. The van der Waals surface area contributed by atoms with Crippen molar-refractivity contribution in [3.63, 3.8) is 0 Å². The molecule has 8 heteroatoms. The molecule has 2 aromatic rings. The van der Waals surface area contributed by atoms with Crippen LogP contribution < -0.4 is 14.8 Å². The van der Waals surface area contributed by atoms with Crippen LogP contribution in [-0.4, -0.2) is 35.7 Å². The minimum atomic E-state index is -0.604. The summed E-state index contributed by atoms with van der Waals surface area (Å²) >= 11 is 0. The zero-order valence-corrected chi connectivity index (χ0v) is 17.7. The monoisotopic (exact) mass is 414 g/mol. The highest BCUT2D eigenvalue weighted by Crippen LogP contribution is 2.29. The number of hydrogen-bond acceptors (Lipinski definition) is 7. The van der Waals surface area contributed by atoms with E-state index in [4.69, 9.17) is 14.2 Å². The zero-order chi connectivity index (χ0) is 22.3. The number of aliphatic hydroxyl groups is 1. The lowest BCUT2D eigenvalue weighted by atomic mass is 10.2. The maximum absolute atomic E-state index is 12.4. The smallest absolute Gasteiger partial charge is 0.413 e. The van der Waals surface area contributed by atoms with Crippen LogP contribution in [0.5, 0.6) is 11.5 Å². The van der Waals surface area contributed by atoms with Gasteiger partial charge in [0.05, 0.1) is 25.0 Å². The van der Waals surface area contributed by atoms with E-state index in [2.05, 4.69) is 10.3 Å². The number of hydrogen-bond donors (Lipinski definition) is 2. The second-order valence-electron chi connectivity index (χ2n) is 7.40. The van der Waals surface area contributed by atoms with Gasteiger partial charge in [-0.05, 0) is 69.7 Å². The van der Waals surface area contributed by atoms with E-state index in [0.717, 1.165) is 0 Å². The number of ether oxygens (including phenoxy) is 3. The van der Waals surface area contributed by atoms with Crippen LogP contribution in [0.2, 0.25) is 0 Å². The fourth-order valence-corrected chi connectivity index (χ4v) is 2.40. The molecule has 0 aliphatic carbocycles. The highest BCUT2D eigenvalue weighted by atomic mass is 16.6. The Morgan fingerprint density at radius 3 is 2.30 bits per heavy atom. The highest BCUT2D eigenvalue weighted by Gasteiger charge is 2.16. The van der Waals surface area contributed by atoms with Crippen LogP contribution in [0.25, 0.3) is 0 Å². The van der Waals surface area contributed by atoms with Crippen molar-refractivity contribution in [2.75, 3.05) is 7.11 Å². The lowest BCUT2D eigenvalue weighted by Crippen LogP contribution is -2.35. The van der Waals surface area contributed by atoms with Crippen molar-refractivity contribution in [3.05, 3.63) is 53.6 Å². The van der Waals surface area contributed by atoms with Gasteiger partial charge in [0.2, 0.25) is 0 Å². The molecule has 0 aliphatic rings. The van der Waals surface area contributed by atoms with Crippen molar-refractivity contribution in [2.24, 2.45) is 4.99 Å². The molecule has 0 heterocycles. The fraction of sp³-hybridized carbons (Fsp3) is 0.318. The topological polar surface area (TPSA) is 106 Å². The normalized spacial score (nSPS) is 11.6. The predicted octanol–water partition coefficient (Wildman–Crippen LogP) is 3.98. The van der Waals surface area contributed by atoms with Gasteiger partial charge in [0.1, 0.15) is 11.4 Å². The van der Waals surface area contributed by atoms with Crippen LogP contribution in [0.4, 0.5) is 10.5 Å². The van der Waals surface area contributed by atoms with E-state index >= 15 is 0 Å². The van der Waals surface area contributed by atoms with Crippen molar-refractivity contribution in [1.82, 2.24) is 5.32 Å². The van der Waals surface area contributed by atoms with Gasteiger partial charge in [-0.1, -0.05) is 6.07 Å². The van der Waals surface area contributed by atoms with Gasteiger partial charge in [-0.2, -0.15) is 0 Å². The van der Waals surface area contributed by atoms with Crippen LogP contribution in [0, 0.1) is 0 Å². The molecule has 30 heavy (non-hydrogen) atoms. The number of benzene rings is 2. The Balaban J connectivity index is 2.05. The minimum absolute atomic E-state index is 0.144. The van der Waals surface area contributed by atoms with Crippen molar-refractivity contribution in [3.8, 4) is 11.5 Å². The summed E-state index contributed by atoms with van der Waals surface area (Å²) < 4.78 is 15.8. The summed E-state index contributed by atoms with van der Waals surface area (Å²) in [7, 11) is 1.45. The predicted molar refractivity (Wildman–Crippen MR) is 112 cm³/mol. The molecule has 0 unspecified atom stereocenters. The number of amidine groups is 1. The Bertz CT molecular complexity index is 930. The van der Waals surface area contributed by atoms with Gasteiger partial charge in [-0.3, -0.25) is 5.32 Å². The van der Waals surface area contributed by atoms with E-state index in [9.17, 15) is 14.7 Å². The van der Waals surface area contributed by atoms with Crippen LogP contribution in [0.3, 0.4) is 0 Å². The second-order valence-corrected chi connectivity index (χ2v) is 7.40. The number of carbonyl (C=O) groups excluding carboxylic acids is 2. The first-order chi connectivity index (χ1) is 14.1. The third-order valence-electron chi connectivity index (χ3n) is 3.69. The molecule has 0 aliphatic heterocycles. The molecule has 0 saturated carbocycles. The van der Waals surface area contributed by atoms with Gasteiger partial charge < -0.3 is 19.3 Å². The van der Waals surface area contributed by atoms with Gasteiger partial charge in [0, 0.05) is 0 Å². The first-order valence-corrected chi connectivity index (χ1v) is 9.26. The number of alkyl carbamates (subject to hydrolysis) is 1. The molecule has 8 nitrogen and oxygen atoms in total. The summed E-state index contributed by atoms with van der Waals surface area (Å²) in [5, 5.41) is 11.7. The first kappa shape index (κ1) is 22.9. The Morgan fingerprint density at radius 1 is 1.07 bits per heavy atom. The minimum Gasteiger partial charge on any atom is -0.493 e.